The van der Waals surface area contributed by atoms with Crippen LogP contribution in [0.3, 0.4) is 0 Å². The van der Waals surface area contributed by atoms with Crippen molar-refractivity contribution in [2.75, 3.05) is 0 Å². The van der Waals surface area contributed by atoms with Crippen LogP contribution in [0.4, 0.5) is 0 Å². The molecule has 0 saturated heterocycles. The van der Waals surface area contributed by atoms with Gasteiger partial charge in [0.2, 0.25) is 0 Å². The normalized spacial score (nSPS) is 19.9. The molecule has 3 aliphatic rings. The van der Waals surface area contributed by atoms with E-state index in [2.05, 4.69) is 103 Å². The summed E-state index contributed by atoms with van der Waals surface area (Å²) in [5.41, 5.74) is 10.5. The molecule has 0 N–H and O–H groups in total. The molecule has 1 unspecified atom stereocenters. The average molecular weight is 401 g/mol. The van der Waals surface area contributed by atoms with Gasteiger partial charge in [0.05, 0.1) is 5.41 Å². The SMILES string of the molecule is C1=CCC(C(c2ccccc2)(c2ccccc2)C2C3=C(CCCC3)c3ccccc32)=C1. The summed E-state index contributed by atoms with van der Waals surface area (Å²) in [5, 5.41) is 0. The van der Waals surface area contributed by atoms with E-state index in [0.717, 1.165) is 6.42 Å². The first kappa shape index (κ1) is 18.6. The fourth-order valence-corrected chi connectivity index (χ4v) is 6.46. The molecular weight excluding hydrogens is 372 g/mol. The number of hydrogen-bond donors (Lipinski definition) is 0. The lowest BCUT2D eigenvalue weighted by Crippen LogP contribution is -2.37. The zero-order valence-electron chi connectivity index (χ0n) is 17.9. The lowest BCUT2D eigenvalue weighted by Gasteiger charge is -2.44. The van der Waals surface area contributed by atoms with E-state index in [9.17, 15) is 0 Å². The fourth-order valence-electron chi connectivity index (χ4n) is 6.46. The van der Waals surface area contributed by atoms with Crippen LogP contribution in [0.15, 0.2) is 114 Å². The second kappa shape index (κ2) is 7.54. The van der Waals surface area contributed by atoms with E-state index in [4.69, 9.17) is 0 Å². The maximum atomic E-state index is 2.40. The molecule has 3 aromatic rings. The quantitative estimate of drug-likeness (QED) is 0.416. The summed E-state index contributed by atoms with van der Waals surface area (Å²) in [7, 11) is 0. The summed E-state index contributed by atoms with van der Waals surface area (Å²) in [6.45, 7) is 0. The third-order valence-corrected chi connectivity index (χ3v) is 7.62. The van der Waals surface area contributed by atoms with E-state index in [1.165, 1.54) is 53.5 Å². The van der Waals surface area contributed by atoms with Crippen molar-refractivity contribution in [2.24, 2.45) is 0 Å². The third kappa shape index (κ3) is 2.74. The van der Waals surface area contributed by atoms with Gasteiger partial charge in [0.25, 0.3) is 0 Å². The van der Waals surface area contributed by atoms with Gasteiger partial charge < -0.3 is 0 Å². The topological polar surface area (TPSA) is 0 Å². The Bertz CT molecular complexity index is 1150. The zero-order chi connectivity index (χ0) is 20.7. The van der Waals surface area contributed by atoms with E-state index in [-0.39, 0.29) is 5.41 Å². The summed E-state index contributed by atoms with van der Waals surface area (Å²) in [6.07, 6.45) is 13.1. The Balaban J connectivity index is 1.72. The molecule has 3 aliphatic carbocycles. The van der Waals surface area contributed by atoms with Crippen LogP contribution < -0.4 is 0 Å². The van der Waals surface area contributed by atoms with Gasteiger partial charge in [-0.2, -0.15) is 0 Å². The summed E-state index contributed by atoms with van der Waals surface area (Å²) < 4.78 is 0. The van der Waals surface area contributed by atoms with Gasteiger partial charge in [-0.3, -0.25) is 0 Å². The number of rotatable bonds is 4. The van der Waals surface area contributed by atoms with Crippen LogP contribution >= 0.6 is 0 Å². The van der Waals surface area contributed by atoms with Crippen LogP contribution in [0.2, 0.25) is 0 Å². The largest absolute Gasteiger partial charge is 0.0804 e. The highest BCUT2D eigenvalue weighted by Gasteiger charge is 2.50. The Labute approximate surface area is 185 Å². The highest BCUT2D eigenvalue weighted by Crippen LogP contribution is 2.61. The van der Waals surface area contributed by atoms with Gasteiger partial charge in [-0.25, -0.2) is 0 Å². The van der Waals surface area contributed by atoms with E-state index < -0.39 is 0 Å². The van der Waals surface area contributed by atoms with Crippen molar-refractivity contribution in [1.29, 1.82) is 0 Å². The predicted octanol–water partition coefficient (Wildman–Crippen LogP) is 7.98. The monoisotopic (exact) mass is 400 g/mol. The lowest BCUT2D eigenvalue weighted by atomic mass is 9.57. The third-order valence-electron chi connectivity index (χ3n) is 7.62. The number of hydrogen-bond acceptors (Lipinski definition) is 0. The minimum Gasteiger partial charge on any atom is -0.0804 e. The van der Waals surface area contributed by atoms with Crippen LogP contribution in [0, 0.1) is 0 Å². The molecule has 0 heteroatoms. The first-order chi connectivity index (χ1) is 15.4. The summed E-state index contributed by atoms with van der Waals surface area (Å²) in [6, 6.07) is 31.8. The van der Waals surface area contributed by atoms with Crippen molar-refractivity contribution in [1.82, 2.24) is 0 Å². The smallest absolute Gasteiger partial charge is 0.0523 e. The van der Waals surface area contributed by atoms with Gasteiger partial charge in [0, 0.05) is 5.92 Å². The average Bonchev–Trinajstić information content (AvgIpc) is 3.49. The molecular formula is C31H28. The lowest BCUT2D eigenvalue weighted by molar-refractivity contribution is 0.498. The maximum Gasteiger partial charge on any atom is 0.0523 e. The van der Waals surface area contributed by atoms with Gasteiger partial charge in [0.1, 0.15) is 0 Å². The Morgan fingerprint density at radius 2 is 1.32 bits per heavy atom. The van der Waals surface area contributed by atoms with Gasteiger partial charge in [-0.05, 0) is 59.9 Å². The highest BCUT2D eigenvalue weighted by atomic mass is 14.5. The van der Waals surface area contributed by atoms with Crippen LogP contribution in [0.5, 0.6) is 0 Å². The second-order valence-corrected chi connectivity index (χ2v) is 9.10. The molecule has 6 rings (SSSR count). The van der Waals surface area contributed by atoms with Gasteiger partial charge in [-0.1, -0.05) is 114 Å². The first-order valence-electron chi connectivity index (χ1n) is 11.7. The molecule has 152 valence electrons. The first-order valence-corrected chi connectivity index (χ1v) is 11.7. The second-order valence-electron chi connectivity index (χ2n) is 9.10. The zero-order valence-corrected chi connectivity index (χ0v) is 17.9. The van der Waals surface area contributed by atoms with Crippen LogP contribution in [-0.4, -0.2) is 0 Å². The molecule has 0 saturated carbocycles. The van der Waals surface area contributed by atoms with Gasteiger partial charge >= 0.3 is 0 Å². The van der Waals surface area contributed by atoms with E-state index in [0.29, 0.717) is 5.92 Å². The minimum absolute atomic E-state index is 0.184. The van der Waals surface area contributed by atoms with Crippen molar-refractivity contribution >= 4 is 5.57 Å². The van der Waals surface area contributed by atoms with Crippen molar-refractivity contribution < 1.29 is 0 Å². The molecule has 0 heterocycles. The molecule has 3 aromatic carbocycles. The van der Waals surface area contributed by atoms with Crippen molar-refractivity contribution in [3.8, 4) is 0 Å². The number of benzene rings is 3. The maximum absolute atomic E-state index is 2.40. The molecule has 0 bridgehead atoms. The molecule has 0 fully saturated rings. The van der Waals surface area contributed by atoms with Crippen molar-refractivity contribution in [3.05, 3.63) is 137 Å². The molecule has 0 aromatic heterocycles. The van der Waals surface area contributed by atoms with Gasteiger partial charge in [-0.15, -0.1) is 0 Å². The summed E-state index contributed by atoms with van der Waals surface area (Å²) in [5.74, 6) is 0.356. The molecule has 0 spiro atoms. The van der Waals surface area contributed by atoms with Crippen molar-refractivity contribution in [3.63, 3.8) is 0 Å². The fraction of sp³-hybridized carbons (Fsp3) is 0.226. The molecule has 0 radical (unpaired) electrons. The minimum atomic E-state index is -0.184. The van der Waals surface area contributed by atoms with Crippen molar-refractivity contribution in [2.45, 2.75) is 43.4 Å². The van der Waals surface area contributed by atoms with Crippen LogP contribution in [0.25, 0.3) is 5.57 Å². The molecule has 1 atom stereocenters. The number of fused-ring (bicyclic) bond motifs is 2. The Hall–Kier alpha value is -3.12. The molecule has 0 aliphatic heterocycles. The van der Waals surface area contributed by atoms with Crippen LogP contribution in [-0.2, 0) is 5.41 Å². The predicted molar refractivity (Wildman–Crippen MR) is 130 cm³/mol. The van der Waals surface area contributed by atoms with E-state index >= 15 is 0 Å². The molecule has 0 amide bonds. The Kier molecular flexibility index (Phi) is 4.53. The standard InChI is InChI=1S/C31H28/c1-3-13-23(14-4-1)31(25-17-7-8-18-25,24-15-5-2-6-16-24)30-28-21-11-9-19-26(28)27-20-10-12-22-29(27)30/h1-9,11,13-17,19,21,30H,10,12,18,20,22H2. The summed E-state index contributed by atoms with van der Waals surface area (Å²) in [4.78, 5) is 0. The van der Waals surface area contributed by atoms with Crippen LogP contribution in [0.1, 0.15) is 60.3 Å². The molecule has 0 nitrogen and oxygen atoms in total. The highest BCUT2D eigenvalue weighted by molar-refractivity contribution is 5.81. The van der Waals surface area contributed by atoms with E-state index in [1.54, 1.807) is 11.1 Å². The molecule has 31 heavy (non-hydrogen) atoms. The Morgan fingerprint density at radius 1 is 0.677 bits per heavy atom. The van der Waals surface area contributed by atoms with E-state index in [1.807, 2.05) is 0 Å². The Morgan fingerprint density at radius 3 is 2.00 bits per heavy atom. The van der Waals surface area contributed by atoms with Gasteiger partial charge in [0.15, 0.2) is 0 Å². The number of allylic oxidation sites excluding steroid dienone is 6. The summed E-state index contributed by atoms with van der Waals surface area (Å²) >= 11 is 0.